The van der Waals surface area contributed by atoms with Crippen LogP contribution in [0.4, 0.5) is 0 Å². The number of rotatable bonds is 3. The normalized spacial score (nSPS) is 16.8. The highest BCUT2D eigenvalue weighted by Gasteiger charge is 2.14. The van der Waals surface area contributed by atoms with Gasteiger partial charge in [-0.25, -0.2) is 0 Å². The van der Waals surface area contributed by atoms with Gasteiger partial charge in [-0.2, -0.15) is 0 Å². The molecule has 3 heteroatoms. The third kappa shape index (κ3) is 3.74. The molecule has 0 spiro atoms. The molecule has 0 radical (unpaired) electrons. The minimum absolute atomic E-state index is 0.0157. The first-order valence-electron chi connectivity index (χ1n) is 6.29. The summed E-state index contributed by atoms with van der Waals surface area (Å²) in [6.45, 7) is 0.797. The summed E-state index contributed by atoms with van der Waals surface area (Å²) in [7, 11) is 0. The zero-order chi connectivity index (χ0) is 12.1. The van der Waals surface area contributed by atoms with Crippen molar-refractivity contribution in [3.63, 3.8) is 0 Å². The molecule has 2 nitrogen and oxygen atoms in total. The molecule has 1 N–H and O–H groups in total. The second kappa shape index (κ2) is 6.06. The third-order valence-electron chi connectivity index (χ3n) is 3.36. The summed E-state index contributed by atoms with van der Waals surface area (Å²) in [5.74, 6) is 0.643. The number of benzene rings is 1. The topological polar surface area (TPSA) is 29.1 Å². The van der Waals surface area contributed by atoms with E-state index in [4.69, 9.17) is 11.6 Å². The fourth-order valence-electron chi connectivity index (χ4n) is 2.36. The molecular formula is C14H18ClNO. The van der Waals surface area contributed by atoms with Gasteiger partial charge in [0, 0.05) is 17.1 Å². The van der Waals surface area contributed by atoms with Gasteiger partial charge in [-0.1, -0.05) is 36.9 Å². The zero-order valence-electron chi connectivity index (χ0n) is 9.92. The van der Waals surface area contributed by atoms with Crippen LogP contribution in [0.25, 0.3) is 0 Å². The monoisotopic (exact) mass is 251 g/mol. The second-order valence-corrected chi connectivity index (χ2v) is 5.16. The Kier molecular flexibility index (Phi) is 4.43. The van der Waals surface area contributed by atoms with Crippen LogP contribution in [-0.4, -0.2) is 12.5 Å². The molecule has 0 unspecified atom stereocenters. The fraction of sp³-hybridized carbons (Fsp3) is 0.500. The molecule has 1 fully saturated rings. The van der Waals surface area contributed by atoms with E-state index in [9.17, 15) is 4.79 Å². The number of hydrogen-bond acceptors (Lipinski definition) is 1. The van der Waals surface area contributed by atoms with Crippen molar-refractivity contribution in [3.05, 3.63) is 34.9 Å². The van der Waals surface area contributed by atoms with Crippen molar-refractivity contribution in [3.8, 4) is 0 Å². The molecule has 17 heavy (non-hydrogen) atoms. The maximum Gasteiger partial charge on any atom is 0.251 e. The molecule has 1 saturated carbocycles. The van der Waals surface area contributed by atoms with Crippen LogP contribution in [0, 0.1) is 5.92 Å². The Balaban J connectivity index is 1.84. The number of nitrogens with one attached hydrogen (secondary N) is 1. The van der Waals surface area contributed by atoms with Gasteiger partial charge in [0.15, 0.2) is 0 Å². The summed E-state index contributed by atoms with van der Waals surface area (Å²) in [6.07, 6.45) is 6.44. The van der Waals surface area contributed by atoms with Crippen LogP contribution in [0.5, 0.6) is 0 Å². The quantitative estimate of drug-likeness (QED) is 0.873. The molecule has 1 aromatic carbocycles. The van der Waals surface area contributed by atoms with E-state index in [2.05, 4.69) is 5.32 Å². The van der Waals surface area contributed by atoms with Crippen molar-refractivity contribution in [1.82, 2.24) is 5.32 Å². The van der Waals surface area contributed by atoms with E-state index in [1.807, 2.05) is 0 Å². The fourth-order valence-corrected chi connectivity index (χ4v) is 2.55. The average Bonchev–Trinajstić information content (AvgIpc) is 2.37. The number of hydrogen-bond donors (Lipinski definition) is 1. The van der Waals surface area contributed by atoms with Crippen LogP contribution in [0.15, 0.2) is 24.3 Å². The first-order chi connectivity index (χ1) is 8.25. The molecule has 92 valence electrons. The van der Waals surface area contributed by atoms with Crippen molar-refractivity contribution in [1.29, 1.82) is 0 Å². The van der Waals surface area contributed by atoms with Crippen molar-refractivity contribution in [2.75, 3.05) is 6.54 Å². The molecule has 1 aliphatic carbocycles. The number of carbonyl (C=O) groups excluding carboxylic acids is 1. The molecule has 2 rings (SSSR count). The van der Waals surface area contributed by atoms with Gasteiger partial charge in [0.2, 0.25) is 0 Å². The van der Waals surface area contributed by atoms with E-state index in [-0.39, 0.29) is 5.91 Å². The van der Waals surface area contributed by atoms with Crippen molar-refractivity contribution >= 4 is 17.5 Å². The molecular weight excluding hydrogens is 234 g/mol. The van der Waals surface area contributed by atoms with Gasteiger partial charge in [0.25, 0.3) is 5.91 Å². The summed E-state index contributed by atoms with van der Waals surface area (Å²) < 4.78 is 0. The lowest BCUT2D eigenvalue weighted by Gasteiger charge is -2.21. The van der Waals surface area contributed by atoms with Gasteiger partial charge in [-0.05, 0) is 37.0 Å². The SMILES string of the molecule is O=C(NCC1CCCCC1)c1cccc(Cl)c1. The zero-order valence-corrected chi connectivity index (χ0v) is 10.7. The summed E-state index contributed by atoms with van der Waals surface area (Å²) in [5, 5.41) is 3.61. The van der Waals surface area contributed by atoms with E-state index in [1.165, 1.54) is 32.1 Å². The predicted octanol–water partition coefficient (Wildman–Crippen LogP) is 3.65. The van der Waals surface area contributed by atoms with Crippen LogP contribution < -0.4 is 5.32 Å². The third-order valence-corrected chi connectivity index (χ3v) is 3.60. The van der Waals surface area contributed by atoms with Crippen LogP contribution in [0.1, 0.15) is 42.5 Å². The molecule has 0 aliphatic heterocycles. The Hall–Kier alpha value is -1.02. The average molecular weight is 252 g/mol. The van der Waals surface area contributed by atoms with Gasteiger partial charge in [-0.15, -0.1) is 0 Å². The molecule has 0 atom stereocenters. The van der Waals surface area contributed by atoms with Crippen LogP contribution in [0.3, 0.4) is 0 Å². The van der Waals surface area contributed by atoms with E-state index < -0.39 is 0 Å². The largest absolute Gasteiger partial charge is 0.352 e. The molecule has 0 heterocycles. The number of halogens is 1. The van der Waals surface area contributed by atoms with Crippen LogP contribution in [-0.2, 0) is 0 Å². The number of carbonyl (C=O) groups is 1. The Bertz CT molecular complexity index is 386. The summed E-state index contributed by atoms with van der Waals surface area (Å²) >= 11 is 5.86. The van der Waals surface area contributed by atoms with E-state index in [1.54, 1.807) is 24.3 Å². The highest BCUT2D eigenvalue weighted by molar-refractivity contribution is 6.30. The van der Waals surface area contributed by atoms with Gasteiger partial charge in [0.05, 0.1) is 0 Å². The van der Waals surface area contributed by atoms with E-state index >= 15 is 0 Å². The Morgan fingerprint density at radius 1 is 1.29 bits per heavy atom. The Labute approximate surface area is 107 Å². The Morgan fingerprint density at radius 2 is 2.06 bits per heavy atom. The highest BCUT2D eigenvalue weighted by atomic mass is 35.5. The van der Waals surface area contributed by atoms with Gasteiger partial charge in [0.1, 0.15) is 0 Å². The smallest absolute Gasteiger partial charge is 0.251 e. The van der Waals surface area contributed by atoms with E-state index in [0.29, 0.717) is 16.5 Å². The summed E-state index contributed by atoms with van der Waals surface area (Å²) in [6, 6.07) is 7.08. The number of amides is 1. The molecule has 1 aliphatic rings. The highest BCUT2D eigenvalue weighted by Crippen LogP contribution is 2.22. The standard InChI is InChI=1S/C14H18ClNO/c15-13-8-4-7-12(9-13)14(17)16-10-11-5-2-1-3-6-11/h4,7-9,11H,1-3,5-6,10H2,(H,16,17). The molecule has 1 amide bonds. The lowest BCUT2D eigenvalue weighted by atomic mass is 9.89. The molecule has 1 aromatic rings. The predicted molar refractivity (Wildman–Crippen MR) is 70.4 cm³/mol. The lowest BCUT2D eigenvalue weighted by molar-refractivity contribution is 0.0943. The summed E-state index contributed by atoms with van der Waals surface area (Å²) in [4.78, 5) is 11.9. The lowest BCUT2D eigenvalue weighted by Crippen LogP contribution is -2.30. The van der Waals surface area contributed by atoms with Gasteiger partial charge >= 0.3 is 0 Å². The first-order valence-corrected chi connectivity index (χ1v) is 6.67. The Morgan fingerprint density at radius 3 is 2.76 bits per heavy atom. The maximum atomic E-state index is 11.9. The van der Waals surface area contributed by atoms with Crippen molar-refractivity contribution in [2.45, 2.75) is 32.1 Å². The van der Waals surface area contributed by atoms with Crippen LogP contribution >= 0.6 is 11.6 Å². The molecule has 0 saturated heterocycles. The van der Waals surface area contributed by atoms with Crippen LogP contribution in [0.2, 0.25) is 5.02 Å². The van der Waals surface area contributed by atoms with Crippen molar-refractivity contribution < 1.29 is 4.79 Å². The van der Waals surface area contributed by atoms with Gasteiger partial charge in [-0.3, -0.25) is 4.79 Å². The maximum absolute atomic E-state index is 11.9. The minimum Gasteiger partial charge on any atom is -0.352 e. The molecule has 0 aromatic heterocycles. The van der Waals surface area contributed by atoms with Crippen molar-refractivity contribution in [2.24, 2.45) is 5.92 Å². The van der Waals surface area contributed by atoms with Gasteiger partial charge < -0.3 is 5.32 Å². The minimum atomic E-state index is -0.0157. The summed E-state index contributed by atoms with van der Waals surface area (Å²) in [5.41, 5.74) is 0.647. The second-order valence-electron chi connectivity index (χ2n) is 4.72. The van der Waals surface area contributed by atoms with E-state index in [0.717, 1.165) is 6.54 Å². The molecule has 0 bridgehead atoms. The first kappa shape index (κ1) is 12.4.